The Kier molecular flexibility index (Phi) is 4.89. The van der Waals surface area contributed by atoms with E-state index >= 15 is 0 Å². The Morgan fingerprint density at radius 2 is 1.95 bits per heavy atom. The highest BCUT2D eigenvalue weighted by molar-refractivity contribution is 6.36. The Balaban J connectivity index is 2.00. The topological polar surface area (TPSA) is 49.6 Å². The first kappa shape index (κ1) is 15.1. The van der Waals surface area contributed by atoms with Crippen molar-refractivity contribution in [2.24, 2.45) is 5.92 Å². The zero-order valence-corrected chi connectivity index (χ0v) is 12.9. The van der Waals surface area contributed by atoms with E-state index in [9.17, 15) is 4.79 Å². The van der Waals surface area contributed by atoms with E-state index in [0.717, 1.165) is 32.7 Å². The van der Waals surface area contributed by atoms with Crippen molar-refractivity contribution in [3.05, 3.63) is 28.8 Å². The van der Waals surface area contributed by atoms with Crippen molar-refractivity contribution in [2.45, 2.75) is 13.8 Å². The molecule has 0 spiro atoms. The lowest BCUT2D eigenvalue weighted by atomic mass is 10.1. The lowest BCUT2D eigenvalue weighted by molar-refractivity contribution is 0.0624. The summed E-state index contributed by atoms with van der Waals surface area (Å²) < 4.78 is 0. The molecule has 1 aliphatic heterocycles. The molecule has 5 heteroatoms. The first-order chi connectivity index (χ1) is 9.49. The summed E-state index contributed by atoms with van der Waals surface area (Å²) >= 11 is 6.12. The van der Waals surface area contributed by atoms with Crippen LogP contribution < -0.4 is 5.73 Å². The quantitative estimate of drug-likeness (QED) is 0.871. The van der Waals surface area contributed by atoms with Crippen molar-refractivity contribution in [3.8, 4) is 0 Å². The maximum absolute atomic E-state index is 12.5. The molecule has 1 aromatic carbocycles. The van der Waals surface area contributed by atoms with Gasteiger partial charge in [0, 0.05) is 32.7 Å². The van der Waals surface area contributed by atoms with Crippen molar-refractivity contribution in [1.29, 1.82) is 0 Å². The van der Waals surface area contributed by atoms with Crippen LogP contribution in [0, 0.1) is 5.92 Å². The summed E-state index contributed by atoms with van der Waals surface area (Å²) in [4.78, 5) is 16.7. The van der Waals surface area contributed by atoms with E-state index in [2.05, 4.69) is 18.7 Å². The number of rotatable bonds is 3. The molecule has 1 fully saturated rings. The average molecular weight is 296 g/mol. The molecule has 0 bridgehead atoms. The molecule has 20 heavy (non-hydrogen) atoms. The zero-order chi connectivity index (χ0) is 14.7. The van der Waals surface area contributed by atoms with Gasteiger partial charge in [0.15, 0.2) is 0 Å². The largest absolute Gasteiger partial charge is 0.398 e. The molecule has 0 radical (unpaired) electrons. The molecule has 0 saturated carbocycles. The minimum atomic E-state index is -0.0218. The summed E-state index contributed by atoms with van der Waals surface area (Å²) in [7, 11) is 0. The van der Waals surface area contributed by atoms with Crippen molar-refractivity contribution in [1.82, 2.24) is 9.80 Å². The van der Waals surface area contributed by atoms with Gasteiger partial charge < -0.3 is 10.6 Å². The fraction of sp³-hybridized carbons (Fsp3) is 0.533. The van der Waals surface area contributed by atoms with Crippen LogP contribution in [0.1, 0.15) is 24.2 Å². The minimum absolute atomic E-state index is 0.0218. The Hall–Kier alpha value is -1.26. The second-order valence-corrected chi connectivity index (χ2v) is 6.07. The second kappa shape index (κ2) is 6.46. The maximum Gasteiger partial charge on any atom is 0.255 e. The van der Waals surface area contributed by atoms with Crippen LogP contribution in [-0.4, -0.2) is 48.4 Å². The van der Waals surface area contributed by atoms with Crippen LogP contribution in [0.2, 0.25) is 5.02 Å². The van der Waals surface area contributed by atoms with E-state index in [-0.39, 0.29) is 5.91 Å². The molecule has 0 aliphatic carbocycles. The van der Waals surface area contributed by atoms with Crippen LogP contribution in [0.15, 0.2) is 18.2 Å². The molecule has 0 unspecified atom stereocenters. The second-order valence-electron chi connectivity index (χ2n) is 5.70. The van der Waals surface area contributed by atoms with E-state index in [1.165, 1.54) is 0 Å². The number of piperazine rings is 1. The molecule has 1 saturated heterocycles. The fourth-order valence-corrected chi connectivity index (χ4v) is 2.74. The van der Waals surface area contributed by atoms with Crippen LogP contribution in [0.25, 0.3) is 0 Å². The molecule has 1 heterocycles. The first-order valence-electron chi connectivity index (χ1n) is 7.04. The van der Waals surface area contributed by atoms with Crippen LogP contribution in [0.5, 0.6) is 0 Å². The average Bonchev–Trinajstić information content (AvgIpc) is 2.41. The van der Waals surface area contributed by atoms with Crippen molar-refractivity contribution in [3.63, 3.8) is 0 Å². The molecule has 0 atom stereocenters. The monoisotopic (exact) mass is 295 g/mol. The van der Waals surface area contributed by atoms with Crippen LogP contribution in [0.3, 0.4) is 0 Å². The van der Waals surface area contributed by atoms with Gasteiger partial charge in [-0.25, -0.2) is 0 Å². The summed E-state index contributed by atoms with van der Waals surface area (Å²) in [6, 6.07) is 5.21. The van der Waals surface area contributed by atoms with Crippen molar-refractivity contribution in [2.75, 3.05) is 38.5 Å². The highest BCUT2D eigenvalue weighted by Crippen LogP contribution is 2.24. The highest BCUT2D eigenvalue weighted by Gasteiger charge is 2.24. The fourth-order valence-electron chi connectivity index (χ4n) is 2.54. The number of halogens is 1. The number of nitrogen functional groups attached to an aromatic ring is 1. The van der Waals surface area contributed by atoms with Crippen LogP contribution in [-0.2, 0) is 0 Å². The molecular weight excluding hydrogens is 274 g/mol. The summed E-state index contributed by atoms with van der Waals surface area (Å²) in [5, 5.41) is 0.363. The van der Waals surface area contributed by atoms with E-state index < -0.39 is 0 Å². The van der Waals surface area contributed by atoms with Crippen LogP contribution >= 0.6 is 11.6 Å². The first-order valence-corrected chi connectivity index (χ1v) is 7.42. The molecule has 1 aromatic rings. The number of amides is 1. The predicted octanol–water partition coefficient (Wildman–Crippen LogP) is 2.34. The highest BCUT2D eigenvalue weighted by atomic mass is 35.5. The number of nitrogens with two attached hydrogens (primary N) is 1. The Bertz CT molecular complexity index is 482. The molecular formula is C15H22ClN3O. The molecule has 110 valence electrons. The SMILES string of the molecule is CC(C)CN1CCN(C(=O)c2cccc(N)c2Cl)CC1. The molecule has 2 rings (SSSR count). The van der Waals surface area contributed by atoms with Crippen LogP contribution in [0.4, 0.5) is 5.69 Å². The number of carbonyl (C=O) groups is 1. The Morgan fingerprint density at radius 1 is 1.30 bits per heavy atom. The van der Waals surface area contributed by atoms with Gasteiger partial charge in [0.2, 0.25) is 0 Å². The third-order valence-electron chi connectivity index (χ3n) is 3.54. The maximum atomic E-state index is 12.5. The van der Waals surface area contributed by atoms with E-state index in [4.69, 9.17) is 17.3 Å². The van der Waals surface area contributed by atoms with Gasteiger partial charge in [-0.05, 0) is 18.1 Å². The number of hydrogen-bond donors (Lipinski definition) is 1. The standard InChI is InChI=1S/C15H22ClN3O/c1-11(2)10-18-6-8-19(9-7-18)15(20)12-4-3-5-13(17)14(12)16/h3-5,11H,6-10,17H2,1-2H3. The number of hydrogen-bond acceptors (Lipinski definition) is 3. The normalized spacial score (nSPS) is 16.7. The summed E-state index contributed by atoms with van der Waals surface area (Å²) in [6.07, 6.45) is 0. The van der Waals surface area contributed by atoms with Gasteiger partial charge in [-0.2, -0.15) is 0 Å². The summed E-state index contributed by atoms with van der Waals surface area (Å²) in [6.45, 7) is 8.84. The lowest BCUT2D eigenvalue weighted by Crippen LogP contribution is -2.49. The third kappa shape index (κ3) is 3.44. The van der Waals surface area contributed by atoms with Gasteiger partial charge in [0.25, 0.3) is 5.91 Å². The third-order valence-corrected chi connectivity index (χ3v) is 3.96. The van der Waals surface area contributed by atoms with Gasteiger partial charge in [-0.3, -0.25) is 9.69 Å². The number of carbonyl (C=O) groups excluding carboxylic acids is 1. The minimum Gasteiger partial charge on any atom is -0.398 e. The molecule has 4 nitrogen and oxygen atoms in total. The van der Waals surface area contributed by atoms with E-state index in [1.807, 2.05) is 4.90 Å². The van der Waals surface area contributed by atoms with Crippen molar-refractivity contribution < 1.29 is 4.79 Å². The molecule has 0 aromatic heterocycles. The Morgan fingerprint density at radius 3 is 2.55 bits per heavy atom. The number of nitrogens with zero attached hydrogens (tertiary/aromatic N) is 2. The summed E-state index contributed by atoms with van der Waals surface area (Å²) in [5.74, 6) is 0.632. The van der Waals surface area contributed by atoms with Gasteiger partial charge in [0.05, 0.1) is 16.3 Å². The zero-order valence-electron chi connectivity index (χ0n) is 12.1. The number of benzene rings is 1. The smallest absolute Gasteiger partial charge is 0.255 e. The Labute approximate surface area is 125 Å². The predicted molar refractivity (Wildman–Crippen MR) is 83.0 cm³/mol. The van der Waals surface area contributed by atoms with E-state index in [1.54, 1.807) is 18.2 Å². The van der Waals surface area contributed by atoms with Gasteiger partial charge in [-0.1, -0.05) is 31.5 Å². The van der Waals surface area contributed by atoms with E-state index in [0.29, 0.717) is 22.2 Å². The van der Waals surface area contributed by atoms with Gasteiger partial charge >= 0.3 is 0 Å². The van der Waals surface area contributed by atoms with Crippen molar-refractivity contribution >= 4 is 23.2 Å². The lowest BCUT2D eigenvalue weighted by Gasteiger charge is -2.35. The summed E-state index contributed by atoms with van der Waals surface area (Å²) in [5.41, 5.74) is 6.71. The van der Waals surface area contributed by atoms with Gasteiger partial charge in [-0.15, -0.1) is 0 Å². The molecule has 1 amide bonds. The van der Waals surface area contributed by atoms with Gasteiger partial charge in [0.1, 0.15) is 0 Å². The number of anilines is 1. The molecule has 1 aliphatic rings. The molecule has 2 N–H and O–H groups in total.